The number of para-hydroxylation sites is 2. The van der Waals surface area contributed by atoms with Crippen LogP contribution >= 0.6 is 11.6 Å². The quantitative estimate of drug-likeness (QED) is 0.791. The first kappa shape index (κ1) is 18.7. The van der Waals surface area contributed by atoms with Crippen LogP contribution in [0.15, 0.2) is 42.5 Å². The summed E-state index contributed by atoms with van der Waals surface area (Å²) in [7, 11) is 0. The van der Waals surface area contributed by atoms with Crippen LogP contribution in [0.25, 0.3) is 0 Å². The van der Waals surface area contributed by atoms with E-state index in [0.29, 0.717) is 16.5 Å². The normalized spacial score (nSPS) is 15.5. The highest BCUT2D eigenvalue weighted by molar-refractivity contribution is 6.31. The molecule has 2 amide bonds. The second kappa shape index (κ2) is 7.67. The zero-order valence-corrected chi connectivity index (χ0v) is 15.2. The van der Waals surface area contributed by atoms with E-state index in [0.717, 1.165) is 0 Å². The number of halogens is 1. The largest absolute Gasteiger partial charge is 0.483 e. The van der Waals surface area contributed by atoms with Crippen LogP contribution in [-0.4, -0.2) is 36.9 Å². The number of nitrogens with zero attached hydrogens (tertiary/aromatic N) is 1. The summed E-state index contributed by atoms with van der Waals surface area (Å²) in [5, 5.41) is 0.394. The number of ether oxygens (including phenoxy) is 2. The predicted octanol–water partition coefficient (Wildman–Crippen LogP) is 2.20. The highest BCUT2D eigenvalue weighted by Gasteiger charge is 2.32. The van der Waals surface area contributed by atoms with Crippen LogP contribution in [-0.2, 0) is 9.59 Å². The minimum atomic E-state index is -0.952. The number of hydrogen-bond donors (Lipinski definition) is 1. The van der Waals surface area contributed by atoms with Crippen molar-refractivity contribution >= 4 is 34.9 Å². The topological polar surface area (TPSA) is 98.9 Å². The molecular weight excluding hydrogens is 372 g/mol. The van der Waals surface area contributed by atoms with E-state index in [9.17, 15) is 14.4 Å². The smallest absolute Gasteiger partial charge is 0.265 e. The van der Waals surface area contributed by atoms with Crippen molar-refractivity contribution in [2.75, 3.05) is 18.1 Å². The molecule has 1 atom stereocenters. The second-order valence-corrected chi connectivity index (χ2v) is 6.40. The first-order valence-corrected chi connectivity index (χ1v) is 8.53. The molecule has 0 spiro atoms. The third-order valence-electron chi connectivity index (χ3n) is 4.06. The number of primary amides is 1. The first-order valence-electron chi connectivity index (χ1n) is 8.15. The Bertz CT molecular complexity index is 915. The zero-order valence-electron chi connectivity index (χ0n) is 14.5. The summed E-state index contributed by atoms with van der Waals surface area (Å²) >= 11 is 5.91. The van der Waals surface area contributed by atoms with E-state index in [1.54, 1.807) is 30.3 Å². The Morgan fingerprint density at radius 2 is 2.00 bits per heavy atom. The number of benzene rings is 2. The average Bonchev–Trinajstić information content (AvgIpc) is 2.65. The third kappa shape index (κ3) is 4.03. The number of ketones is 1. The van der Waals surface area contributed by atoms with Crippen molar-refractivity contribution in [2.45, 2.75) is 13.0 Å². The Morgan fingerprint density at radius 3 is 2.70 bits per heavy atom. The van der Waals surface area contributed by atoms with E-state index >= 15 is 0 Å². The summed E-state index contributed by atoms with van der Waals surface area (Å²) < 4.78 is 11.1. The molecule has 0 saturated carbocycles. The van der Waals surface area contributed by atoms with Gasteiger partial charge in [0.1, 0.15) is 11.5 Å². The van der Waals surface area contributed by atoms with Gasteiger partial charge in [-0.3, -0.25) is 14.4 Å². The monoisotopic (exact) mass is 388 g/mol. The number of rotatable bonds is 5. The lowest BCUT2D eigenvalue weighted by atomic mass is 10.1. The summed E-state index contributed by atoms with van der Waals surface area (Å²) in [4.78, 5) is 37.4. The van der Waals surface area contributed by atoms with Crippen molar-refractivity contribution in [1.29, 1.82) is 0 Å². The van der Waals surface area contributed by atoms with Gasteiger partial charge in [-0.15, -0.1) is 0 Å². The average molecular weight is 389 g/mol. The molecular formula is C19H17ClN2O5. The van der Waals surface area contributed by atoms with E-state index in [-0.39, 0.29) is 30.2 Å². The molecule has 2 aromatic carbocycles. The van der Waals surface area contributed by atoms with Gasteiger partial charge < -0.3 is 20.1 Å². The molecule has 1 heterocycles. The van der Waals surface area contributed by atoms with Crippen LogP contribution < -0.4 is 20.1 Å². The van der Waals surface area contributed by atoms with Gasteiger partial charge in [0.05, 0.1) is 17.8 Å². The van der Waals surface area contributed by atoms with Crippen molar-refractivity contribution < 1.29 is 23.9 Å². The minimum Gasteiger partial charge on any atom is -0.483 e. The van der Waals surface area contributed by atoms with Gasteiger partial charge in [-0.25, -0.2) is 0 Å². The lowest BCUT2D eigenvalue weighted by Gasteiger charge is -2.33. The number of amides is 2. The maximum atomic E-state index is 12.7. The molecule has 1 aliphatic heterocycles. The highest BCUT2D eigenvalue weighted by Crippen LogP contribution is 2.33. The van der Waals surface area contributed by atoms with Crippen molar-refractivity contribution in [3.63, 3.8) is 0 Å². The third-order valence-corrected chi connectivity index (χ3v) is 4.30. The molecule has 0 aromatic heterocycles. The first-order chi connectivity index (χ1) is 12.9. The Hall–Kier alpha value is -3.06. The molecule has 2 aromatic rings. The van der Waals surface area contributed by atoms with Gasteiger partial charge >= 0.3 is 0 Å². The van der Waals surface area contributed by atoms with E-state index < -0.39 is 17.9 Å². The number of Topliss-reactive ketones (excluding diaryl/α,β-unsaturated/α-hetero) is 1. The van der Waals surface area contributed by atoms with Gasteiger partial charge in [-0.2, -0.15) is 0 Å². The summed E-state index contributed by atoms with van der Waals surface area (Å²) in [5.41, 5.74) is 6.14. The number of hydrogen-bond acceptors (Lipinski definition) is 5. The molecule has 0 aliphatic carbocycles. The molecule has 1 aliphatic rings. The summed E-state index contributed by atoms with van der Waals surface area (Å²) in [5.74, 6) is -0.656. The number of nitrogens with two attached hydrogens (primary N) is 1. The highest BCUT2D eigenvalue weighted by atomic mass is 35.5. The predicted molar refractivity (Wildman–Crippen MR) is 99.4 cm³/mol. The fourth-order valence-electron chi connectivity index (χ4n) is 2.74. The van der Waals surface area contributed by atoms with E-state index in [1.807, 2.05) is 0 Å². The van der Waals surface area contributed by atoms with E-state index in [4.69, 9.17) is 26.8 Å². The summed E-state index contributed by atoms with van der Waals surface area (Å²) in [6.07, 6.45) is -0.952. The zero-order chi connectivity index (χ0) is 19.6. The van der Waals surface area contributed by atoms with Crippen molar-refractivity contribution in [1.82, 2.24) is 0 Å². The van der Waals surface area contributed by atoms with Gasteiger partial charge in [0.25, 0.3) is 11.8 Å². The minimum absolute atomic E-state index is 0.0191. The number of fused-ring (bicyclic) bond motifs is 1. The van der Waals surface area contributed by atoms with Crippen LogP contribution in [0.5, 0.6) is 11.5 Å². The number of carbonyl (C=O) groups is 3. The van der Waals surface area contributed by atoms with Gasteiger partial charge in [0.2, 0.25) is 0 Å². The molecule has 8 heteroatoms. The lowest BCUT2D eigenvalue weighted by molar-refractivity contribution is -0.125. The van der Waals surface area contributed by atoms with E-state index in [1.165, 1.54) is 24.0 Å². The molecule has 0 bridgehead atoms. The molecule has 2 N–H and O–H groups in total. The van der Waals surface area contributed by atoms with Gasteiger partial charge in [-0.1, -0.05) is 23.7 Å². The van der Waals surface area contributed by atoms with Crippen molar-refractivity contribution in [2.24, 2.45) is 5.73 Å². The van der Waals surface area contributed by atoms with Gasteiger partial charge in [-0.05, 0) is 37.3 Å². The Labute approximate surface area is 160 Å². The molecule has 140 valence electrons. The number of carbonyl (C=O) groups excluding carboxylic acids is 3. The fourth-order valence-corrected chi connectivity index (χ4v) is 2.91. The van der Waals surface area contributed by atoms with Crippen LogP contribution in [0.2, 0.25) is 5.02 Å². The molecule has 0 radical (unpaired) electrons. The van der Waals surface area contributed by atoms with Crippen molar-refractivity contribution in [3.8, 4) is 11.5 Å². The molecule has 0 fully saturated rings. The molecule has 3 rings (SSSR count). The Morgan fingerprint density at radius 1 is 1.26 bits per heavy atom. The summed E-state index contributed by atoms with van der Waals surface area (Å²) in [6.45, 7) is 1.03. The van der Waals surface area contributed by atoms with Crippen LogP contribution in [0.1, 0.15) is 17.3 Å². The van der Waals surface area contributed by atoms with Gasteiger partial charge in [0.15, 0.2) is 18.5 Å². The second-order valence-electron chi connectivity index (χ2n) is 5.97. The van der Waals surface area contributed by atoms with Crippen LogP contribution in [0.3, 0.4) is 0 Å². The molecule has 27 heavy (non-hydrogen) atoms. The standard InChI is InChI=1S/C19H17ClN2O5/c1-11(23)13-8-12(20)6-7-15(13)26-10-18(24)22-9-17(19(21)25)27-16-5-3-2-4-14(16)22/h2-8,17H,9-10H2,1H3,(H2,21,25)/t17-/m0/s1. The molecule has 0 unspecified atom stereocenters. The fraction of sp³-hybridized carbons (Fsp3) is 0.211. The molecule has 0 saturated heterocycles. The van der Waals surface area contributed by atoms with Crippen molar-refractivity contribution in [3.05, 3.63) is 53.1 Å². The maximum absolute atomic E-state index is 12.7. The number of anilines is 1. The Kier molecular flexibility index (Phi) is 5.32. The van der Waals surface area contributed by atoms with Gasteiger partial charge in [0, 0.05) is 5.02 Å². The molecule has 7 nitrogen and oxygen atoms in total. The summed E-state index contributed by atoms with van der Waals surface area (Å²) in [6, 6.07) is 11.4. The maximum Gasteiger partial charge on any atom is 0.265 e. The van der Waals surface area contributed by atoms with E-state index in [2.05, 4.69) is 0 Å². The lowest BCUT2D eigenvalue weighted by Crippen LogP contribution is -2.50. The SMILES string of the molecule is CC(=O)c1cc(Cl)ccc1OCC(=O)N1C[C@@H](C(N)=O)Oc2ccccc21. The Balaban J connectivity index is 1.80. The van der Waals surface area contributed by atoms with Crippen LogP contribution in [0, 0.1) is 0 Å². The van der Waals surface area contributed by atoms with Crippen LogP contribution in [0.4, 0.5) is 5.69 Å².